The molecule has 14 aromatic rings. The average Bonchev–Trinajstić information content (AvgIpc) is 1.50. The highest BCUT2D eigenvalue weighted by atomic mass is 19.1. The Bertz CT molecular complexity index is 5000. The van der Waals surface area contributed by atoms with Crippen molar-refractivity contribution in [2.75, 3.05) is 4.90 Å². The summed E-state index contributed by atoms with van der Waals surface area (Å²) in [7, 11) is 0. The number of rotatable bonds is 4. The van der Waals surface area contributed by atoms with Gasteiger partial charge < -0.3 is 9.47 Å². The molecule has 0 radical (unpaired) electrons. The van der Waals surface area contributed by atoms with Crippen LogP contribution in [0.1, 0.15) is 77.9 Å². The average molecular weight is 1170 g/mol. The second-order valence-corrected chi connectivity index (χ2v) is 24.9. The van der Waals surface area contributed by atoms with Crippen LogP contribution in [-0.4, -0.2) is 4.57 Å². The van der Waals surface area contributed by atoms with E-state index in [-0.39, 0.29) is 11.6 Å². The van der Waals surface area contributed by atoms with Gasteiger partial charge in [0, 0.05) is 33.5 Å². The van der Waals surface area contributed by atoms with Crippen molar-refractivity contribution in [3.05, 3.63) is 356 Å². The second-order valence-electron chi connectivity index (χ2n) is 24.9. The monoisotopic (exact) mass is 1170 g/mol. The number of hydrogen-bond acceptors (Lipinski definition) is 1. The van der Waals surface area contributed by atoms with Crippen LogP contribution >= 0.6 is 0 Å². The summed E-state index contributed by atoms with van der Waals surface area (Å²) in [5.41, 5.74) is 32.6. The molecule has 438 valence electrons. The summed E-state index contributed by atoms with van der Waals surface area (Å²) in [4.78, 5) is 2.50. The minimum Gasteiger partial charge on any atom is -0.310 e. The quantitative estimate of drug-likeness (QED) is 0.170. The molecule has 0 fully saturated rings. The third-order valence-electron chi connectivity index (χ3n) is 18.3. The van der Waals surface area contributed by atoms with E-state index >= 15 is 0 Å². The van der Waals surface area contributed by atoms with E-state index in [1.54, 1.807) is 18.2 Å². The van der Waals surface area contributed by atoms with Crippen LogP contribution in [0.2, 0.25) is 0 Å². The van der Waals surface area contributed by atoms with Gasteiger partial charge in [-0.25, -0.2) is 8.78 Å². The number of hydrogen-bond donors (Lipinski definition) is 0. The van der Waals surface area contributed by atoms with Crippen LogP contribution in [0.4, 0.5) is 25.8 Å². The van der Waals surface area contributed by atoms with Gasteiger partial charge in [-0.15, -0.1) is 0 Å². The zero-order valence-corrected chi connectivity index (χ0v) is 52.3. The fourth-order valence-corrected chi connectivity index (χ4v) is 14.9. The van der Waals surface area contributed by atoms with Gasteiger partial charge in [-0.05, 0) is 246 Å². The molecule has 0 saturated carbocycles. The Morgan fingerprint density at radius 1 is 0.311 bits per heavy atom. The fourth-order valence-electron chi connectivity index (χ4n) is 14.9. The highest BCUT2D eigenvalue weighted by Crippen LogP contribution is 2.64. The van der Waals surface area contributed by atoms with Crippen LogP contribution in [-0.2, 0) is 11.8 Å². The van der Waals surface area contributed by atoms with E-state index in [1.807, 2.05) is 31.2 Å². The summed E-state index contributed by atoms with van der Waals surface area (Å²) in [6.07, 6.45) is 0.961. The number of nitrogens with zero attached hydrogens (tertiary/aromatic N) is 2. The third-order valence-corrected chi connectivity index (χ3v) is 18.3. The predicted molar refractivity (Wildman–Crippen MR) is 375 cm³/mol. The maximum absolute atomic E-state index is 13.6. The lowest BCUT2D eigenvalue weighted by atomic mass is 9.70. The maximum atomic E-state index is 13.6. The molecule has 4 heteroatoms. The fraction of sp³-hybridized carbons (Fsp3) is 0.116. The lowest BCUT2D eigenvalue weighted by molar-refractivity contribution is 0.626. The Hall–Kier alpha value is -10.4. The molecule has 90 heavy (non-hydrogen) atoms. The molecule has 0 bridgehead atoms. The Labute approximate surface area is 527 Å². The Morgan fingerprint density at radius 2 is 0.833 bits per heavy atom. The molecule has 0 amide bonds. The normalized spacial score (nSPS) is 12.4. The van der Waals surface area contributed by atoms with Gasteiger partial charge in [-0.2, -0.15) is 0 Å². The number of para-hydroxylation sites is 1. The third kappa shape index (κ3) is 10.2. The van der Waals surface area contributed by atoms with E-state index in [0.717, 1.165) is 28.7 Å². The molecule has 0 saturated heterocycles. The standard InChI is InChI=1S/C51H37N.C19H14FN.C9H12.C7H7F/c1-31-24-32(2)26-38(25-31)52(36-20-22-41-35(29-36)28-34-12-4-5-14-40(34)41)37-21-23-45-48(30-37)51(49-27-33(3)39-13-6-7-17-44(39)50(45)49)46-18-10-8-15-42(46)43-16-9-11-19-47(43)51;1-13-9-10-17-16-7-2-3-8-18(16)21(19(17)11-13)15-6-4-5-14(20)12-15;1-7-4-8(2)6-9(3)5-7;1-6-3-2-4-7(8)5-6/h4-27,29-30H,28H2,1-3H3;2-12H,1H3;4-6H,1-3H3;2-5H,1H3. The molecule has 13 aromatic carbocycles. The molecular weight excluding hydrogens is 1100 g/mol. The number of anilines is 3. The minimum absolute atomic E-state index is 0.162. The minimum atomic E-state index is -0.434. The molecule has 17 rings (SSSR count). The molecular formula is C86H70F2N2. The van der Waals surface area contributed by atoms with Gasteiger partial charge in [-0.1, -0.05) is 205 Å². The van der Waals surface area contributed by atoms with Crippen molar-refractivity contribution in [2.45, 2.75) is 67.2 Å². The SMILES string of the molecule is Cc1cc(C)cc(C)c1.Cc1cc(C)cc(N(c2ccc3c(c2)Cc2ccccc2-3)c2ccc3c(c2)C2(c4ccccc4-c4ccccc42)c2cc(C)c4ccccc4c2-3)c1.Cc1ccc2c3ccccc3n(-c3cccc(F)c3)c2c1.Cc1cccc(F)c1. The Morgan fingerprint density at radius 3 is 1.48 bits per heavy atom. The highest BCUT2D eigenvalue weighted by molar-refractivity contribution is 6.10. The zero-order chi connectivity index (χ0) is 61.9. The first-order chi connectivity index (χ1) is 43.7. The van der Waals surface area contributed by atoms with Gasteiger partial charge >= 0.3 is 0 Å². The van der Waals surface area contributed by atoms with Gasteiger partial charge in [0.15, 0.2) is 0 Å². The number of benzene rings is 13. The number of aryl methyl sites for hydroxylation is 8. The van der Waals surface area contributed by atoms with Crippen LogP contribution in [0.3, 0.4) is 0 Å². The molecule has 1 heterocycles. The summed E-state index contributed by atoms with van der Waals surface area (Å²) < 4.78 is 27.9. The summed E-state index contributed by atoms with van der Waals surface area (Å²) in [6, 6.07) is 94.4. The van der Waals surface area contributed by atoms with E-state index in [1.165, 1.54) is 163 Å². The first-order valence-electron chi connectivity index (χ1n) is 31.2. The predicted octanol–water partition coefficient (Wildman–Crippen LogP) is 23.1. The summed E-state index contributed by atoms with van der Waals surface area (Å²) in [5, 5.41) is 5.04. The van der Waals surface area contributed by atoms with Crippen molar-refractivity contribution in [3.8, 4) is 39.1 Å². The lowest BCUT2D eigenvalue weighted by Crippen LogP contribution is -2.26. The smallest absolute Gasteiger partial charge is 0.125 e. The van der Waals surface area contributed by atoms with Gasteiger partial charge in [0.25, 0.3) is 0 Å². The molecule has 2 nitrogen and oxygen atoms in total. The van der Waals surface area contributed by atoms with E-state index in [0.29, 0.717) is 0 Å². The van der Waals surface area contributed by atoms with E-state index in [9.17, 15) is 8.78 Å². The van der Waals surface area contributed by atoms with Crippen LogP contribution in [0, 0.1) is 67.0 Å². The number of aromatic nitrogens is 1. The van der Waals surface area contributed by atoms with Crippen LogP contribution in [0.5, 0.6) is 0 Å². The van der Waals surface area contributed by atoms with E-state index in [4.69, 9.17) is 0 Å². The van der Waals surface area contributed by atoms with E-state index in [2.05, 4.69) is 264 Å². The van der Waals surface area contributed by atoms with Crippen LogP contribution < -0.4 is 4.90 Å². The van der Waals surface area contributed by atoms with Crippen LogP contribution in [0.25, 0.3) is 71.6 Å². The molecule has 3 aliphatic rings. The summed E-state index contributed by atoms with van der Waals surface area (Å²) in [6.45, 7) is 17.0. The molecule has 0 N–H and O–H groups in total. The summed E-state index contributed by atoms with van der Waals surface area (Å²) in [5.74, 6) is -0.379. The van der Waals surface area contributed by atoms with Crippen molar-refractivity contribution >= 4 is 49.6 Å². The molecule has 0 aliphatic heterocycles. The van der Waals surface area contributed by atoms with Crippen molar-refractivity contribution in [3.63, 3.8) is 0 Å². The molecule has 3 aliphatic carbocycles. The highest BCUT2D eigenvalue weighted by Gasteiger charge is 2.52. The Kier molecular flexibility index (Phi) is 14.8. The largest absolute Gasteiger partial charge is 0.310 e. The number of halogens is 2. The van der Waals surface area contributed by atoms with Gasteiger partial charge in [0.1, 0.15) is 11.6 Å². The van der Waals surface area contributed by atoms with Gasteiger partial charge in [0.05, 0.1) is 16.4 Å². The van der Waals surface area contributed by atoms with Crippen molar-refractivity contribution in [2.24, 2.45) is 0 Å². The lowest BCUT2D eigenvalue weighted by Gasteiger charge is -2.32. The van der Waals surface area contributed by atoms with E-state index < -0.39 is 5.41 Å². The molecule has 1 spiro atoms. The van der Waals surface area contributed by atoms with Gasteiger partial charge in [0.2, 0.25) is 0 Å². The molecule has 0 atom stereocenters. The molecule has 1 aromatic heterocycles. The first-order valence-corrected chi connectivity index (χ1v) is 31.2. The second kappa shape index (κ2) is 23.3. The Balaban J connectivity index is 0.000000150. The zero-order valence-electron chi connectivity index (χ0n) is 52.3. The topological polar surface area (TPSA) is 8.17 Å². The maximum Gasteiger partial charge on any atom is 0.125 e. The number of fused-ring (bicyclic) bond motifs is 18. The van der Waals surface area contributed by atoms with Crippen molar-refractivity contribution in [1.82, 2.24) is 4.57 Å². The summed E-state index contributed by atoms with van der Waals surface area (Å²) >= 11 is 0. The van der Waals surface area contributed by atoms with Gasteiger partial charge in [-0.3, -0.25) is 0 Å². The van der Waals surface area contributed by atoms with Crippen molar-refractivity contribution < 1.29 is 8.78 Å². The first kappa shape index (κ1) is 57.3. The van der Waals surface area contributed by atoms with Crippen molar-refractivity contribution in [1.29, 1.82) is 0 Å². The molecule has 0 unspecified atom stereocenters. The van der Waals surface area contributed by atoms with Crippen LogP contribution in [0.15, 0.2) is 267 Å².